The standard InChI is InChI=1S/C18H25N3O3.C2HF3O2/c22-17(21-9-4-7-16(21)18(23)24)8-10-19-11-13-20(14-12-19)15-5-2-1-3-6-15;3-2(4,5)1(6)7/h1-3,5-6,16H,4,7-14H2,(H,23,24);(H,6,7)/t16-;/m1./s1. The first-order valence-electron chi connectivity index (χ1n) is 9.94. The van der Waals surface area contributed by atoms with Gasteiger partial charge in [-0.3, -0.25) is 9.69 Å². The smallest absolute Gasteiger partial charge is 0.480 e. The normalized spacial score (nSPS) is 19.5. The zero-order chi connectivity index (χ0) is 23.0. The molecule has 1 amide bonds. The van der Waals surface area contributed by atoms with E-state index in [2.05, 4.69) is 34.1 Å². The van der Waals surface area contributed by atoms with E-state index in [9.17, 15) is 27.9 Å². The van der Waals surface area contributed by atoms with Crippen molar-refractivity contribution in [3.63, 3.8) is 0 Å². The summed E-state index contributed by atoms with van der Waals surface area (Å²) in [5.41, 5.74) is 1.24. The Kier molecular flexibility index (Phi) is 8.66. The van der Waals surface area contributed by atoms with Gasteiger partial charge in [-0.1, -0.05) is 18.2 Å². The molecule has 2 N–H and O–H groups in total. The minimum atomic E-state index is -5.08. The first kappa shape index (κ1) is 24.4. The number of carboxylic acid groups (broad SMARTS) is 2. The number of carboxylic acids is 2. The summed E-state index contributed by atoms with van der Waals surface area (Å²) in [5.74, 6) is -3.66. The number of anilines is 1. The van der Waals surface area contributed by atoms with Gasteiger partial charge in [-0.25, -0.2) is 9.59 Å². The molecule has 2 aliphatic rings. The lowest BCUT2D eigenvalue weighted by molar-refractivity contribution is -0.192. The fourth-order valence-corrected chi connectivity index (χ4v) is 3.59. The highest BCUT2D eigenvalue weighted by atomic mass is 19.4. The lowest BCUT2D eigenvalue weighted by atomic mass is 10.2. The molecule has 2 fully saturated rings. The largest absolute Gasteiger partial charge is 0.490 e. The van der Waals surface area contributed by atoms with E-state index in [-0.39, 0.29) is 5.91 Å². The van der Waals surface area contributed by atoms with Crippen LogP contribution in [0.3, 0.4) is 0 Å². The van der Waals surface area contributed by atoms with E-state index in [0.29, 0.717) is 25.9 Å². The van der Waals surface area contributed by atoms with Crippen LogP contribution in [0, 0.1) is 0 Å². The summed E-state index contributed by atoms with van der Waals surface area (Å²) in [4.78, 5) is 38.6. The van der Waals surface area contributed by atoms with Crippen LogP contribution in [0.1, 0.15) is 19.3 Å². The molecule has 31 heavy (non-hydrogen) atoms. The van der Waals surface area contributed by atoms with Gasteiger partial charge in [0.1, 0.15) is 6.04 Å². The molecular weight excluding hydrogens is 419 g/mol. The van der Waals surface area contributed by atoms with Crippen LogP contribution in [0.2, 0.25) is 0 Å². The molecule has 0 bridgehead atoms. The third-order valence-corrected chi connectivity index (χ3v) is 5.24. The summed E-state index contributed by atoms with van der Waals surface area (Å²) in [6, 6.07) is 9.75. The van der Waals surface area contributed by atoms with Crippen molar-refractivity contribution in [2.45, 2.75) is 31.5 Å². The predicted octanol–water partition coefficient (Wildman–Crippen LogP) is 1.91. The number of rotatable bonds is 5. The number of aliphatic carboxylic acids is 2. The zero-order valence-electron chi connectivity index (χ0n) is 16.9. The average Bonchev–Trinajstić information content (AvgIpc) is 3.23. The summed E-state index contributed by atoms with van der Waals surface area (Å²) in [6.45, 7) is 5.08. The van der Waals surface area contributed by atoms with E-state index < -0.39 is 24.2 Å². The number of halogens is 3. The van der Waals surface area contributed by atoms with Gasteiger partial charge >= 0.3 is 18.1 Å². The van der Waals surface area contributed by atoms with Crippen molar-refractivity contribution >= 4 is 23.5 Å². The monoisotopic (exact) mass is 445 g/mol. The van der Waals surface area contributed by atoms with E-state index in [1.165, 1.54) is 5.69 Å². The number of likely N-dealkylation sites (tertiary alicyclic amines) is 1. The van der Waals surface area contributed by atoms with Crippen molar-refractivity contribution in [1.82, 2.24) is 9.80 Å². The maximum Gasteiger partial charge on any atom is 0.490 e. The number of piperazine rings is 1. The molecule has 0 aliphatic carbocycles. The Hall–Kier alpha value is -2.82. The molecule has 1 aromatic rings. The third-order valence-electron chi connectivity index (χ3n) is 5.24. The molecular formula is C20H26F3N3O5. The fourth-order valence-electron chi connectivity index (χ4n) is 3.59. The molecule has 0 radical (unpaired) electrons. The van der Waals surface area contributed by atoms with E-state index in [4.69, 9.17) is 9.90 Å². The number of hydrogen-bond acceptors (Lipinski definition) is 5. The van der Waals surface area contributed by atoms with Gasteiger partial charge in [0, 0.05) is 51.4 Å². The second-order valence-corrected chi connectivity index (χ2v) is 7.30. The van der Waals surface area contributed by atoms with Crippen LogP contribution in [0.4, 0.5) is 18.9 Å². The Bertz CT molecular complexity index is 752. The number of alkyl halides is 3. The molecule has 3 rings (SSSR count). The lowest BCUT2D eigenvalue weighted by Crippen LogP contribution is -2.48. The van der Waals surface area contributed by atoms with Crippen LogP contribution in [-0.2, 0) is 14.4 Å². The molecule has 2 heterocycles. The van der Waals surface area contributed by atoms with E-state index >= 15 is 0 Å². The van der Waals surface area contributed by atoms with E-state index in [1.807, 2.05) is 6.07 Å². The van der Waals surface area contributed by atoms with Crippen LogP contribution in [-0.4, -0.2) is 89.3 Å². The molecule has 0 spiro atoms. The van der Waals surface area contributed by atoms with Crippen LogP contribution in [0.15, 0.2) is 30.3 Å². The van der Waals surface area contributed by atoms with Crippen LogP contribution < -0.4 is 4.90 Å². The van der Waals surface area contributed by atoms with Crippen molar-refractivity contribution < 1.29 is 37.8 Å². The minimum Gasteiger partial charge on any atom is -0.480 e. The molecule has 2 saturated heterocycles. The zero-order valence-corrected chi connectivity index (χ0v) is 16.9. The lowest BCUT2D eigenvalue weighted by Gasteiger charge is -2.36. The number of benzene rings is 1. The summed E-state index contributed by atoms with van der Waals surface area (Å²) in [6.07, 6.45) is -3.30. The van der Waals surface area contributed by atoms with Crippen LogP contribution >= 0.6 is 0 Å². The molecule has 1 aromatic carbocycles. The highest BCUT2D eigenvalue weighted by Crippen LogP contribution is 2.19. The first-order chi connectivity index (χ1) is 14.6. The molecule has 0 aromatic heterocycles. The Morgan fingerprint density at radius 3 is 2.06 bits per heavy atom. The van der Waals surface area contributed by atoms with Gasteiger partial charge in [-0.2, -0.15) is 13.2 Å². The number of carbonyl (C=O) groups excluding carboxylic acids is 1. The Balaban J connectivity index is 0.000000423. The highest BCUT2D eigenvalue weighted by Gasteiger charge is 2.38. The SMILES string of the molecule is O=C(O)C(F)(F)F.O=C(O)[C@H]1CCCN1C(=O)CCN1CCN(c2ccccc2)CC1. The highest BCUT2D eigenvalue weighted by molar-refractivity contribution is 5.84. The van der Waals surface area contributed by atoms with E-state index in [1.54, 1.807) is 4.90 Å². The molecule has 0 unspecified atom stereocenters. The molecule has 172 valence electrons. The summed E-state index contributed by atoms with van der Waals surface area (Å²) in [5, 5.41) is 16.3. The summed E-state index contributed by atoms with van der Waals surface area (Å²) in [7, 11) is 0. The minimum absolute atomic E-state index is 0.0228. The van der Waals surface area contributed by atoms with E-state index in [0.717, 1.165) is 32.6 Å². The molecule has 2 aliphatic heterocycles. The topological polar surface area (TPSA) is 101 Å². The molecule has 1 atom stereocenters. The maximum absolute atomic E-state index is 12.3. The predicted molar refractivity (Wildman–Crippen MR) is 106 cm³/mol. The molecule has 8 nitrogen and oxygen atoms in total. The van der Waals surface area contributed by atoms with Gasteiger partial charge in [-0.05, 0) is 25.0 Å². The Morgan fingerprint density at radius 1 is 0.968 bits per heavy atom. The van der Waals surface area contributed by atoms with Crippen LogP contribution in [0.5, 0.6) is 0 Å². The number of para-hydroxylation sites is 1. The van der Waals surface area contributed by atoms with Gasteiger partial charge in [0.25, 0.3) is 0 Å². The quantitative estimate of drug-likeness (QED) is 0.714. The number of nitrogens with zero attached hydrogens (tertiary/aromatic N) is 3. The van der Waals surface area contributed by atoms with Crippen molar-refractivity contribution in [3.05, 3.63) is 30.3 Å². The van der Waals surface area contributed by atoms with Gasteiger partial charge in [0.05, 0.1) is 0 Å². The summed E-state index contributed by atoms with van der Waals surface area (Å²) < 4.78 is 31.7. The van der Waals surface area contributed by atoms with Crippen LogP contribution in [0.25, 0.3) is 0 Å². The fraction of sp³-hybridized carbons (Fsp3) is 0.550. The number of hydrogen-bond donors (Lipinski definition) is 2. The first-order valence-corrected chi connectivity index (χ1v) is 9.94. The summed E-state index contributed by atoms with van der Waals surface area (Å²) >= 11 is 0. The van der Waals surface area contributed by atoms with Gasteiger partial charge < -0.3 is 20.0 Å². The van der Waals surface area contributed by atoms with Crippen molar-refractivity contribution in [2.75, 3.05) is 44.2 Å². The average molecular weight is 445 g/mol. The second kappa shape index (κ2) is 11.0. The van der Waals surface area contributed by atoms with Crippen molar-refractivity contribution in [3.8, 4) is 0 Å². The van der Waals surface area contributed by atoms with Crippen molar-refractivity contribution in [2.24, 2.45) is 0 Å². The third kappa shape index (κ3) is 7.42. The second-order valence-electron chi connectivity index (χ2n) is 7.30. The Morgan fingerprint density at radius 2 is 1.55 bits per heavy atom. The molecule has 0 saturated carbocycles. The number of carbonyl (C=O) groups is 3. The Labute approximate surface area is 177 Å². The van der Waals surface area contributed by atoms with Gasteiger partial charge in [-0.15, -0.1) is 0 Å². The maximum atomic E-state index is 12.3. The number of amides is 1. The van der Waals surface area contributed by atoms with Gasteiger partial charge in [0.15, 0.2) is 0 Å². The van der Waals surface area contributed by atoms with Gasteiger partial charge in [0.2, 0.25) is 5.91 Å². The van der Waals surface area contributed by atoms with Crippen molar-refractivity contribution in [1.29, 1.82) is 0 Å². The molecule has 11 heteroatoms.